The quantitative estimate of drug-likeness (QED) is 0.180. The number of fused-ring (bicyclic) bond motifs is 4. The van der Waals surface area contributed by atoms with E-state index in [9.17, 15) is 9.59 Å². The maximum absolute atomic E-state index is 13.1. The van der Waals surface area contributed by atoms with Gasteiger partial charge in [-0.15, -0.1) is 0 Å². The number of allylic oxidation sites excluding steroid dienone is 1. The molecule has 4 fully saturated rings. The molecule has 0 bridgehead atoms. The van der Waals surface area contributed by atoms with Crippen molar-refractivity contribution >= 4 is 98.7 Å². The lowest BCUT2D eigenvalue weighted by molar-refractivity contribution is -0.134. The molecule has 68 heavy (non-hydrogen) atoms. The fraction of sp³-hybridized carbons (Fsp3) is 0.491. The van der Waals surface area contributed by atoms with Crippen molar-refractivity contribution in [1.29, 1.82) is 0 Å². The molecule has 0 unspecified atom stereocenters. The molecule has 0 spiro atoms. The number of hydrogen-bond donors (Lipinski definition) is 0. The Bertz CT molecular complexity index is 2380. The van der Waals surface area contributed by atoms with Gasteiger partial charge in [-0.1, -0.05) is 79.4 Å². The van der Waals surface area contributed by atoms with E-state index in [0.717, 1.165) is 157 Å². The average molecular weight is 1210 g/mol. The number of piperidine rings is 3. The number of aryl methyl sites for hydroxylation is 4. The number of likely N-dealkylation sites (tertiary alicyclic amines) is 3. The standard InChI is InChI=1S/C28H31Br2ClN2O.C27H30Br2ClN3O/c1-17-2-4-18(5-3-17)12-25(34)33-10-8-19(9-11-33)27-26-20(14-23(31)15-24(26)30)6-7-21-13-22(29)16-32-28(21)27;1-17-4-8-32(9-5-17)16-24(34)33-10-6-18(7-11-33)26-25-19(13-22(30)14-23(25)29)2-3-20-12-21(28)15-31-27(20)26/h13-16,18-19,27H,1-12H2;12-15,18,26H,1-11,16H2/t27-;26-/m11/s1. The maximum atomic E-state index is 13.1. The third-order valence-electron chi connectivity index (χ3n) is 15.8. The lowest BCUT2D eigenvalue weighted by atomic mass is 9.76. The van der Waals surface area contributed by atoms with Gasteiger partial charge in [0.05, 0.1) is 17.9 Å². The van der Waals surface area contributed by atoms with Gasteiger partial charge >= 0.3 is 0 Å². The smallest absolute Gasteiger partial charge is 0.236 e. The van der Waals surface area contributed by atoms with Crippen molar-refractivity contribution in [2.45, 2.75) is 108 Å². The van der Waals surface area contributed by atoms with Crippen LogP contribution in [-0.4, -0.2) is 82.3 Å². The van der Waals surface area contributed by atoms with Crippen molar-refractivity contribution in [2.24, 2.45) is 17.8 Å². The minimum absolute atomic E-state index is 0.206. The van der Waals surface area contributed by atoms with Gasteiger partial charge in [0, 0.05) is 97.9 Å². The molecule has 2 aromatic heterocycles. The first-order valence-corrected chi connectivity index (χ1v) is 28.6. The van der Waals surface area contributed by atoms with Crippen molar-refractivity contribution in [1.82, 2.24) is 24.7 Å². The molecule has 13 heteroatoms. The van der Waals surface area contributed by atoms with Crippen molar-refractivity contribution < 1.29 is 9.59 Å². The van der Waals surface area contributed by atoms with E-state index < -0.39 is 0 Å². The molecule has 0 N–H and O–H groups in total. The summed E-state index contributed by atoms with van der Waals surface area (Å²) in [6.07, 6.45) is 18.8. The third kappa shape index (κ3) is 11.8. The van der Waals surface area contributed by atoms with E-state index in [1.807, 2.05) is 24.5 Å². The van der Waals surface area contributed by atoms with Gasteiger partial charge in [0.15, 0.2) is 0 Å². The predicted octanol–water partition coefficient (Wildman–Crippen LogP) is 14.2. The second-order valence-corrected chi connectivity index (χ2v) is 24.5. The second-order valence-electron chi connectivity index (χ2n) is 20.1. The molecule has 2 atom stereocenters. The molecule has 360 valence electrons. The van der Waals surface area contributed by atoms with Gasteiger partial charge in [-0.2, -0.15) is 0 Å². The molecule has 7 nitrogen and oxygen atoms in total. The van der Waals surface area contributed by atoms with Gasteiger partial charge in [0.2, 0.25) is 11.8 Å². The zero-order valence-corrected chi connectivity index (χ0v) is 46.7. The van der Waals surface area contributed by atoms with E-state index in [1.54, 1.807) is 0 Å². The SMILES string of the molecule is C=C1CCC(CC(=O)N2CCC([C@H]3c4ncc(Br)cc4CCc4cc(Cl)cc(Br)c43)CC2)CC1.C=C1CCN(CC(=O)N2CCC([C@H]3c4ncc(Br)cc4CCc4cc(Cl)cc(Br)c43)CC2)CC1. The van der Waals surface area contributed by atoms with E-state index in [-0.39, 0.29) is 17.7 Å². The Morgan fingerprint density at radius 2 is 0.971 bits per heavy atom. The summed E-state index contributed by atoms with van der Waals surface area (Å²) < 4.78 is 4.20. The highest BCUT2D eigenvalue weighted by atomic mass is 79.9. The van der Waals surface area contributed by atoms with Crippen LogP contribution in [0.25, 0.3) is 0 Å². The summed E-state index contributed by atoms with van der Waals surface area (Å²) in [6, 6.07) is 12.8. The fourth-order valence-electron chi connectivity index (χ4n) is 12.0. The minimum atomic E-state index is 0.206. The number of amides is 2. The van der Waals surface area contributed by atoms with Crippen LogP contribution in [-0.2, 0) is 35.3 Å². The van der Waals surface area contributed by atoms with Crippen LogP contribution in [0.15, 0.2) is 91.0 Å². The number of aromatic nitrogens is 2. The molecule has 3 saturated heterocycles. The van der Waals surface area contributed by atoms with Gasteiger partial charge in [-0.3, -0.25) is 24.5 Å². The van der Waals surface area contributed by atoms with Crippen LogP contribution in [0.1, 0.15) is 127 Å². The monoisotopic (exact) mass is 1210 g/mol. The average Bonchev–Trinajstić information content (AvgIpc) is 3.58. The number of rotatable bonds is 6. The van der Waals surface area contributed by atoms with E-state index in [4.69, 9.17) is 33.2 Å². The van der Waals surface area contributed by atoms with Gasteiger partial charge < -0.3 is 9.80 Å². The molecular formula is C55H61Br4Cl2N5O2. The number of carbonyl (C=O) groups excluding carboxylic acids is 2. The van der Waals surface area contributed by atoms with Gasteiger partial charge in [0.1, 0.15) is 0 Å². The van der Waals surface area contributed by atoms with Gasteiger partial charge in [-0.05, 0) is 209 Å². The number of hydrogen-bond acceptors (Lipinski definition) is 5. The second kappa shape index (κ2) is 22.6. The zero-order valence-electron chi connectivity index (χ0n) is 38.8. The Morgan fingerprint density at radius 3 is 1.44 bits per heavy atom. The summed E-state index contributed by atoms with van der Waals surface area (Å²) in [6.45, 7) is 13.9. The van der Waals surface area contributed by atoms with Crippen LogP contribution in [0.5, 0.6) is 0 Å². The number of pyridine rings is 2. The first-order chi connectivity index (χ1) is 32.8. The Labute approximate surface area is 446 Å². The summed E-state index contributed by atoms with van der Waals surface area (Å²) in [4.78, 5) is 42.5. The Balaban J connectivity index is 0.000000170. The number of benzene rings is 2. The number of carbonyl (C=O) groups is 2. The van der Waals surface area contributed by atoms with Crippen LogP contribution in [0.2, 0.25) is 10.0 Å². The summed E-state index contributed by atoms with van der Waals surface area (Å²) in [5.41, 5.74) is 12.9. The minimum Gasteiger partial charge on any atom is -0.343 e. The molecule has 3 aliphatic carbocycles. The van der Waals surface area contributed by atoms with Gasteiger partial charge in [-0.25, -0.2) is 0 Å². The highest BCUT2D eigenvalue weighted by Gasteiger charge is 2.38. The third-order valence-corrected chi connectivity index (χ3v) is 18.4. The molecule has 4 aromatic rings. The van der Waals surface area contributed by atoms with Crippen LogP contribution < -0.4 is 0 Å². The Hall–Kier alpha value is -2.38. The summed E-state index contributed by atoms with van der Waals surface area (Å²) in [5.74, 6) is 2.44. The van der Waals surface area contributed by atoms with E-state index in [2.05, 4.69) is 116 Å². The summed E-state index contributed by atoms with van der Waals surface area (Å²) in [7, 11) is 0. The molecule has 10 rings (SSSR count). The molecule has 1 saturated carbocycles. The maximum Gasteiger partial charge on any atom is 0.236 e. The van der Waals surface area contributed by atoms with E-state index in [0.29, 0.717) is 36.6 Å². The topological polar surface area (TPSA) is 69.6 Å². The largest absolute Gasteiger partial charge is 0.343 e. The Kier molecular flexibility index (Phi) is 16.8. The summed E-state index contributed by atoms with van der Waals surface area (Å²) in [5, 5.41) is 1.54. The molecule has 2 aromatic carbocycles. The predicted molar refractivity (Wildman–Crippen MR) is 290 cm³/mol. The van der Waals surface area contributed by atoms with E-state index >= 15 is 0 Å². The highest BCUT2D eigenvalue weighted by molar-refractivity contribution is 9.11. The van der Waals surface area contributed by atoms with Crippen molar-refractivity contribution in [2.75, 3.05) is 45.8 Å². The molecule has 0 radical (unpaired) electrons. The molecule has 2 amide bonds. The fourth-order valence-corrected chi connectivity index (χ4v) is 15.0. The molecule has 6 aliphatic rings. The highest BCUT2D eigenvalue weighted by Crippen LogP contribution is 2.48. The van der Waals surface area contributed by atoms with Crippen LogP contribution in [0.4, 0.5) is 0 Å². The van der Waals surface area contributed by atoms with Crippen LogP contribution in [0.3, 0.4) is 0 Å². The number of nitrogens with zero attached hydrogens (tertiary/aromatic N) is 5. The Morgan fingerprint density at radius 1 is 0.544 bits per heavy atom. The molecule has 3 aliphatic heterocycles. The lowest BCUT2D eigenvalue weighted by Gasteiger charge is -2.38. The van der Waals surface area contributed by atoms with Crippen LogP contribution in [0, 0.1) is 17.8 Å². The van der Waals surface area contributed by atoms with Crippen molar-refractivity contribution in [3.63, 3.8) is 0 Å². The van der Waals surface area contributed by atoms with Crippen LogP contribution >= 0.6 is 86.9 Å². The molecular weight excluding hydrogens is 1150 g/mol. The first kappa shape index (κ1) is 50.6. The lowest BCUT2D eigenvalue weighted by Crippen LogP contribution is -2.46. The normalized spacial score (nSPS) is 21.7. The number of halogens is 6. The first-order valence-electron chi connectivity index (χ1n) is 24.6. The zero-order chi connectivity index (χ0) is 47.6. The van der Waals surface area contributed by atoms with E-state index in [1.165, 1.54) is 55.9 Å². The van der Waals surface area contributed by atoms with Gasteiger partial charge in [0.25, 0.3) is 0 Å². The molecule has 5 heterocycles. The summed E-state index contributed by atoms with van der Waals surface area (Å²) >= 11 is 27.8. The van der Waals surface area contributed by atoms with Crippen molar-refractivity contribution in [3.05, 3.63) is 146 Å². The van der Waals surface area contributed by atoms with Crippen molar-refractivity contribution in [3.8, 4) is 0 Å².